The molecule has 0 saturated carbocycles. The zero-order valence-corrected chi connectivity index (χ0v) is 21.2. The molecular formula is C20H18BrCl3N4O2S. The largest absolute Gasteiger partial charge is 0.481 e. The van der Waals surface area contributed by atoms with E-state index in [4.69, 9.17) is 39.5 Å². The van der Waals surface area contributed by atoms with Crippen molar-refractivity contribution in [3.8, 4) is 5.75 Å². The Labute approximate surface area is 207 Å². The third kappa shape index (κ3) is 6.29. The summed E-state index contributed by atoms with van der Waals surface area (Å²) in [7, 11) is 0. The minimum Gasteiger partial charge on any atom is -0.481 e. The molecule has 3 rings (SSSR count). The Balaban J connectivity index is 1.66. The molecular weight excluding hydrogens is 547 g/mol. The Morgan fingerprint density at radius 2 is 1.97 bits per heavy atom. The van der Waals surface area contributed by atoms with Crippen molar-refractivity contribution in [2.75, 3.05) is 11.1 Å². The van der Waals surface area contributed by atoms with E-state index in [0.29, 0.717) is 44.0 Å². The van der Waals surface area contributed by atoms with Crippen molar-refractivity contribution in [2.24, 2.45) is 0 Å². The first kappa shape index (κ1) is 24.2. The number of thioether (sulfide) groups is 1. The van der Waals surface area contributed by atoms with E-state index >= 15 is 0 Å². The zero-order chi connectivity index (χ0) is 22.5. The molecule has 0 aliphatic heterocycles. The van der Waals surface area contributed by atoms with Gasteiger partial charge in [0.2, 0.25) is 5.91 Å². The van der Waals surface area contributed by atoms with Crippen LogP contribution in [0, 0.1) is 0 Å². The van der Waals surface area contributed by atoms with Gasteiger partial charge in [-0.2, -0.15) is 0 Å². The Bertz CT molecular complexity index is 1100. The molecule has 0 fully saturated rings. The van der Waals surface area contributed by atoms with Crippen LogP contribution in [-0.4, -0.2) is 26.4 Å². The van der Waals surface area contributed by atoms with E-state index in [2.05, 4.69) is 31.4 Å². The Morgan fingerprint density at radius 1 is 1.19 bits per heavy atom. The highest BCUT2D eigenvalue weighted by atomic mass is 79.9. The summed E-state index contributed by atoms with van der Waals surface area (Å²) in [6, 6.07) is 10.3. The topological polar surface area (TPSA) is 69.0 Å². The first-order valence-corrected chi connectivity index (χ1v) is 12.1. The number of benzene rings is 2. The van der Waals surface area contributed by atoms with Crippen molar-refractivity contribution in [1.82, 2.24) is 14.8 Å². The fourth-order valence-corrected chi connectivity index (χ4v) is 4.58. The monoisotopic (exact) mass is 562 g/mol. The lowest BCUT2D eigenvalue weighted by Crippen LogP contribution is -2.15. The summed E-state index contributed by atoms with van der Waals surface area (Å²) in [5.41, 5.74) is 0.550. The summed E-state index contributed by atoms with van der Waals surface area (Å²) in [5, 5.41) is 13.3. The molecule has 0 radical (unpaired) electrons. The highest BCUT2D eigenvalue weighted by Gasteiger charge is 2.20. The molecule has 1 heterocycles. The number of carbonyl (C=O) groups is 1. The number of nitrogens with one attached hydrogen (secondary N) is 1. The van der Waals surface area contributed by atoms with Gasteiger partial charge in [-0.1, -0.05) is 62.5 Å². The minimum atomic E-state index is -0.423. The van der Waals surface area contributed by atoms with Gasteiger partial charge in [0.1, 0.15) is 5.75 Å². The van der Waals surface area contributed by atoms with E-state index < -0.39 is 6.10 Å². The van der Waals surface area contributed by atoms with E-state index in [9.17, 15) is 4.79 Å². The van der Waals surface area contributed by atoms with E-state index in [0.717, 1.165) is 4.47 Å². The second-order valence-electron chi connectivity index (χ2n) is 6.38. The van der Waals surface area contributed by atoms with Crippen LogP contribution in [0.1, 0.15) is 25.8 Å². The van der Waals surface area contributed by atoms with Crippen LogP contribution >= 0.6 is 62.5 Å². The predicted molar refractivity (Wildman–Crippen MR) is 130 cm³/mol. The quantitative estimate of drug-likeness (QED) is 0.302. The number of nitrogens with zero attached hydrogens (tertiary/aromatic N) is 3. The number of carbonyl (C=O) groups excluding carboxylic acids is 1. The molecule has 164 valence electrons. The maximum atomic E-state index is 12.4. The van der Waals surface area contributed by atoms with Crippen molar-refractivity contribution in [3.05, 3.63) is 61.8 Å². The van der Waals surface area contributed by atoms with Gasteiger partial charge in [-0.15, -0.1) is 10.2 Å². The van der Waals surface area contributed by atoms with Crippen LogP contribution in [0.15, 0.2) is 46.0 Å². The van der Waals surface area contributed by atoms with Crippen molar-refractivity contribution in [1.29, 1.82) is 0 Å². The molecule has 0 aliphatic rings. The fourth-order valence-electron chi connectivity index (χ4n) is 2.72. The summed E-state index contributed by atoms with van der Waals surface area (Å²) >= 11 is 23.0. The molecule has 1 aromatic heterocycles. The number of ether oxygens (including phenoxy) is 1. The van der Waals surface area contributed by atoms with Crippen LogP contribution in [-0.2, 0) is 11.3 Å². The third-order valence-corrected chi connectivity index (χ3v) is 6.48. The Kier molecular flexibility index (Phi) is 8.52. The predicted octanol–water partition coefficient (Wildman–Crippen LogP) is 6.89. The number of hydrogen-bond donors (Lipinski definition) is 1. The molecule has 6 nitrogen and oxygen atoms in total. The third-order valence-electron chi connectivity index (χ3n) is 4.16. The summed E-state index contributed by atoms with van der Waals surface area (Å²) < 4.78 is 8.68. The number of hydrogen-bond acceptors (Lipinski definition) is 5. The van der Waals surface area contributed by atoms with Gasteiger partial charge in [0.05, 0.1) is 21.5 Å². The first-order valence-electron chi connectivity index (χ1n) is 9.21. The van der Waals surface area contributed by atoms with Crippen LogP contribution in [0.4, 0.5) is 5.69 Å². The lowest BCUT2D eigenvalue weighted by atomic mass is 10.3. The zero-order valence-electron chi connectivity index (χ0n) is 16.5. The highest BCUT2D eigenvalue weighted by molar-refractivity contribution is 9.10. The summed E-state index contributed by atoms with van der Waals surface area (Å²) in [6.07, 6.45) is -0.423. The van der Waals surface area contributed by atoms with E-state index in [-0.39, 0.29) is 11.7 Å². The maximum absolute atomic E-state index is 12.4. The average molecular weight is 565 g/mol. The molecule has 2 aromatic carbocycles. The average Bonchev–Trinajstić information content (AvgIpc) is 3.14. The van der Waals surface area contributed by atoms with E-state index in [1.807, 2.05) is 24.5 Å². The highest BCUT2D eigenvalue weighted by Crippen LogP contribution is 2.32. The molecule has 0 aliphatic carbocycles. The number of halogens is 4. The summed E-state index contributed by atoms with van der Waals surface area (Å²) in [5.74, 6) is 1.04. The van der Waals surface area contributed by atoms with Crippen LogP contribution in [0.2, 0.25) is 15.1 Å². The van der Waals surface area contributed by atoms with Gasteiger partial charge in [0.15, 0.2) is 17.1 Å². The Hall–Kier alpha value is -1.45. The van der Waals surface area contributed by atoms with Crippen molar-refractivity contribution in [3.63, 3.8) is 0 Å². The molecule has 0 bridgehead atoms. The van der Waals surface area contributed by atoms with Crippen LogP contribution in [0.3, 0.4) is 0 Å². The smallest absolute Gasteiger partial charge is 0.234 e. The maximum Gasteiger partial charge on any atom is 0.234 e. The van der Waals surface area contributed by atoms with Gasteiger partial charge in [-0.3, -0.25) is 4.79 Å². The van der Waals surface area contributed by atoms with E-state index in [1.54, 1.807) is 30.3 Å². The van der Waals surface area contributed by atoms with E-state index in [1.165, 1.54) is 11.8 Å². The van der Waals surface area contributed by atoms with Crippen LogP contribution in [0.5, 0.6) is 5.75 Å². The second-order valence-corrected chi connectivity index (χ2v) is 9.49. The summed E-state index contributed by atoms with van der Waals surface area (Å²) in [6.45, 7) is 4.43. The number of rotatable bonds is 8. The molecule has 0 spiro atoms. The molecule has 1 atom stereocenters. The van der Waals surface area contributed by atoms with Crippen LogP contribution in [0.25, 0.3) is 0 Å². The molecule has 11 heteroatoms. The van der Waals surface area contributed by atoms with Gasteiger partial charge in [0.25, 0.3) is 0 Å². The molecule has 3 aromatic rings. The fraction of sp³-hybridized carbons (Fsp3) is 0.250. The molecule has 1 N–H and O–H groups in total. The van der Waals surface area contributed by atoms with Gasteiger partial charge in [0, 0.05) is 22.1 Å². The lowest BCUT2D eigenvalue weighted by Gasteiger charge is -2.16. The minimum absolute atomic E-state index is 0.153. The lowest BCUT2D eigenvalue weighted by molar-refractivity contribution is -0.113. The Morgan fingerprint density at radius 3 is 2.68 bits per heavy atom. The second kappa shape index (κ2) is 10.9. The number of anilines is 1. The van der Waals surface area contributed by atoms with Gasteiger partial charge < -0.3 is 14.6 Å². The summed E-state index contributed by atoms with van der Waals surface area (Å²) in [4.78, 5) is 12.4. The van der Waals surface area contributed by atoms with Gasteiger partial charge in [-0.25, -0.2) is 0 Å². The normalized spacial score (nSPS) is 11.9. The molecule has 0 saturated heterocycles. The first-order chi connectivity index (χ1) is 14.8. The molecule has 31 heavy (non-hydrogen) atoms. The van der Waals surface area contributed by atoms with Crippen LogP contribution < -0.4 is 10.1 Å². The SMILES string of the molecule is CCn1c(SCC(=O)Nc2ccc(Br)cc2Cl)nnc1C(C)Oc1cc(Cl)ccc1Cl. The van der Waals surface area contributed by atoms with Gasteiger partial charge in [-0.05, 0) is 44.2 Å². The van der Waals surface area contributed by atoms with Crippen molar-refractivity contribution >= 4 is 74.1 Å². The van der Waals surface area contributed by atoms with Crippen molar-refractivity contribution < 1.29 is 9.53 Å². The van der Waals surface area contributed by atoms with Gasteiger partial charge >= 0.3 is 0 Å². The standard InChI is InChI=1S/C20H18BrCl3N4O2S/c1-3-28-19(11(2)30-17-9-13(22)5-6-14(17)23)26-27-20(28)31-10-18(29)25-16-7-4-12(21)8-15(16)24/h4-9,11H,3,10H2,1-2H3,(H,25,29). The molecule has 1 unspecified atom stereocenters. The molecule has 1 amide bonds. The number of amides is 1. The van der Waals surface area contributed by atoms with Crippen molar-refractivity contribution in [2.45, 2.75) is 31.7 Å². The number of aromatic nitrogens is 3.